The molecule has 0 bridgehead atoms. The molecule has 9 heteroatoms. The lowest BCUT2D eigenvalue weighted by Gasteiger charge is -2.38. The van der Waals surface area contributed by atoms with Crippen molar-refractivity contribution in [1.29, 1.82) is 0 Å². The van der Waals surface area contributed by atoms with Gasteiger partial charge in [0.2, 0.25) is 0 Å². The van der Waals surface area contributed by atoms with E-state index in [0.717, 1.165) is 4.90 Å². The van der Waals surface area contributed by atoms with Crippen molar-refractivity contribution in [3.63, 3.8) is 0 Å². The molecule has 0 N–H and O–H groups in total. The largest absolute Gasteiger partial charge is 0.449 e. The van der Waals surface area contributed by atoms with Gasteiger partial charge in [-0.15, -0.1) is 0 Å². The number of carbonyl (C=O) groups excluding carboxylic acids is 2. The molecule has 5 nitrogen and oxygen atoms in total. The highest BCUT2D eigenvalue weighted by molar-refractivity contribution is 6.32. The van der Waals surface area contributed by atoms with Gasteiger partial charge in [0.1, 0.15) is 5.82 Å². The van der Waals surface area contributed by atoms with Gasteiger partial charge in [-0.2, -0.15) is 13.2 Å². The van der Waals surface area contributed by atoms with Crippen LogP contribution in [-0.2, 0) is 19.1 Å². The second-order valence-electron chi connectivity index (χ2n) is 5.64. The molecule has 1 aliphatic heterocycles. The number of likely N-dealkylation sites (tertiary alicyclic amines) is 1. The monoisotopic (exact) mass is 363 g/mol. The van der Waals surface area contributed by atoms with Crippen LogP contribution < -0.4 is 0 Å². The summed E-state index contributed by atoms with van der Waals surface area (Å²) in [6.45, 7) is -1.71. The first-order chi connectivity index (χ1) is 11.7. The Bertz CT molecular complexity index is 618. The zero-order chi connectivity index (χ0) is 18.6. The summed E-state index contributed by atoms with van der Waals surface area (Å²) < 4.78 is 58.8. The van der Waals surface area contributed by atoms with Gasteiger partial charge in [0.05, 0.1) is 12.1 Å². The van der Waals surface area contributed by atoms with Crippen molar-refractivity contribution >= 4 is 11.9 Å². The fourth-order valence-corrected chi connectivity index (χ4v) is 2.72. The first-order valence-corrected chi connectivity index (χ1v) is 7.54. The number of alkyl halides is 3. The van der Waals surface area contributed by atoms with E-state index in [1.165, 1.54) is 31.4 Å². The van der Waals surface area contributed by atoms with Crippen LogP contribution in [0.15, 0.2) is 24.3 Å². The van der Waals surface area contributed by atoms with Crippen LogP contribution >= 0.6 is 0 Å². The first kappa shape index (κ1) is 19.2. The van der Waals surface area contributed by atoms with Crippen molar-refractivity contribution in [2.75, 3.05) is 20.3 Å². The Hall–Kier alpha value is -2.16. The van der Waals surface area contributed by atoms with E-state index in [2.05, 4.69) is 4.74 Å². The van der Waals surface area contributed by atoms with Crippen LogP contribution in [0, 0.1) is 5.82 Å². The average Bonchev–Trinajstić information content (AvgIpc) is 2.58. The summed E-state index contributed by atoms with van der Waals surface area (Å²) in [6.07, 6.45) is -4.15. The molecule has 1 aromatic carbocycles. The topological polar surface area (TPSA) is 55.8 Å². The van der Waals surface area contributed by atoms with Crippen LogP contribution in [0.5, 0.6) is 0 Å². The number of methoxy groups -OCH3 is 1. The lowest BCUT2D eigenvalue weighted by molar-refractivity contribution is -0.190. The number of nitrogens with zero attached hydrogens (tertiary/aromatic N) is 1. The van der Waals surface area contributed by atoms with Gasteiger partial charge in [0.15, 0.2) is 6.61 Å². The maximum absolute atomic E-state index is 13.1. The van der Waals surface area contributed by atoms with E-state index in [1.807, 2.05) is 0 Å². The van der Waals surface area contributed by atoms with Crippen molar-refractivity contribution in [1.82, 2.24) is 4.90 Å². The van der Waals surface area contributed by atoms with Gasteiger partial charge in [-0.05, 0) is 30.5 Å². The van der Waals surface area contributed by atoms with Crippen LogP contribution in [0.25, 0.3) is 0 Å². The predicted octanol–water partition coefficient (Wildman–Crippen LogP) is 2.61. The molecule has 0 spiro atoms. The van der Waals surface area contributed by atoms with Crippen LogP contribution in [0.3, 0.4) is 0 Å². The minimum atomic E-state index is -4.71. The number of amides is 1. The molecule has 1 amide bonds. The van der Waals surface area contributed by atoms with E-state index in [0.29, 0.717) is 18.4 Å². The highest BCUT2D eigenvalue weighted by atomic mass is 19.4. The summed E-state index contributed by atoms with van der Waals surface area (Å²) in [7, 11) is 1.50. The Labute approximate surface area is 141 Å². The van der Waals surface area contributed by atoms with E-state index in [-0.39, 0.29) is 12.6 Å². The number of ether oxygens (including phenoxy) is 2. The average molecular weight is 363 g/mol. The summed E-state index contributed by atoms with van der Waals surface area (Å²) in [5, 5.41) is 0. The van der Waals surface area contributed by atoms with Crippen molar-refractivity contribution < 1.29 is 36.6 Å². The molecular weight excluding hydrogens is 346 g/mol. The van der Waals surface area contributed by atoms with Crippen LogP contribution in [-0.4, -0.2) is 49.3 Å². The first-order valence-electron chi connectivity index (χ1n) is 7.54. The fraction of sp³-hybridized carbons (Fsp3) is 0.500. The van der Waals surface area contributed by atoms with E-state index >= 15 is 0 Å². The Morgan fingerprint density at radius 2 is 1.88 bits per heavy atom. The fourth-order valence-electron chi connectivity index (χ4n) is 2.72. The molecule has 1 fully saturated rings. The standard InChI is InChI=1S/C16H17F4NO4/c1-24-12-6-7-21(14(22)15(23)25-9-16(18,19)20)13(8-12)10-2-4-11(17)5-3-10/h2-5,12-13H,6-9H2,1H3/t12?,13-/m0/s1. The Kier molecular flexibility index (Phi) is 5.99. The zero-order valence-electron chi connectivity index (χ0n) is 13.4. The molecule has 2 atom stereocenters. The highest BCUT2D eigenvalue weighted by Gasteiger charge is 2.38. The zero-order valence-corrected chi connectivity index (χ0v) is 13.4. The minimum absolute atomic E-state index is 0.112. The molecule has 138 valence electrons. The molecule has 0 radical (unpaired) electrons. The quantitative estimate of drug-likeness (QED) is 0.471. The van der Waals surface area contributed by atoms with Crippen molar-refractivity contribution in [3.8, 4) is 0 Å². The normalized spacial score (nSPS) is 21.1. The molecule has 25 heavy (non-hydrogen) atoms. The van der Waals surface area contributed by atoms with Gasteiger partial charge in [-0.3, -0.25) is 4.79 Å². The van der Waals surface area contributed by atoms with Gasteiger partial charge in [-0.25, -0.2) is 9.18 Å². The number of benzene rings is 1. The van der Waals surface area contributed by atoms with E-state index < -0.39 is 36.5 Å². The van der Waals surface area contributed by atoms with E-state index in [1.54, 1.807) is 0 Å². The maximum Gasteiger partial charge on any atom is 0.422 e. The van der Waals surface area contributed by atoms with E-state index in [4.69, 9.17) is 4.74 Å². The number of carbonyl (C=O) groups is 2. The molecule has 2 rings (SSSR count). The minimum Gasteiger partial charge on any atom is -0.449 e. The molecule has 1 heterocycles. The van der Waals surface area contributed by atoms with Gasteiger partial charge >= 0.3 is 18.1 Å². The second-order valence-corrected chi connectivity index (χ2v) is 5.64. The number of halogens is 4. The second kappa shape index (κ2) is 7.81. The molecule has 1 aliphatic rings. The van der Waals surface area contributed by atoms with Gasteiger partial charge in [0, 0.05) is 13.7 Å². The number of esters is 1. The smallest absolute Gasteiger partial charge is 0.422 e. The van der Waals surface area contributed by atoms with Crippen molar-refractivity contribution in [3.05, 3.63) is 35.6 Å². The molecule has 0 aliphatic carbocycles. The molecule has 1 aromatic rings. The third-order valence-corrected chi connectivity index (χ3v) is 3.94. The van der Waals surface area contributed by atoms with Gasteiger partial charge in [-0.1, -0.05) is 12.1 Å². The lowest BCUT2D eigenvalue weighted by Crippen LogP contribution is -2.46. The summed E-state index contributed by atoms with van der Waals surface area (Å²) in [5.74, 6) is -3.20. The van der Waals surface area contributed by atoms with Crippen LogP contribution in [0.4, 0.5) is 17.6 Å². The van der Waals surface area contributed by atoms with Crippen LogP contribution in [0.1, 0.15) is 24.4 Å². The summed E-state index contributed by atoms with van der Waals surface area (Å²) in [6, 6.07) is 4.70. The summed E-state index contributed by atoms with van der Waals surface area (Å²) in [4.78, 5) is 25.0. The third-order valence-electron chi connectivity index (χ3n) is 3.94. The molecule has 0 aromatic heterocycles. The molecule has 1 unspecified atom stereocenters. The predicted molar refractivity (Wildman–Crippen MR) is 77.9 cm³/mol. The Morgan fingerprint density at radius 3 is 2.44 bits per heavy atom. The van der Waals surface area contributed by atoms with Crippen molar-refractivity contribution in [2.24, 2.45) is 0 Å². The number of hydrogen-bond donors (Lipinski definition) is 0. The molecule has 1 saturated heterocycles. The Morgan fingerprint density at radius 1 is 1.24 bits per heavy atom. The van der Waals surface area contributed by atoms with Crippen LogP contribution in [0.2, 0.25) is 0 Å². The SMILES string of the molecule is COC1CCN(C(=O)C(=O)OCC(F)(F)F)[C@H](c2ccc(F)cc2)C1. The summed E-state index contributed by atoms with van der Waals surface area (Å²) >= 11 is 0. The number of piperidine rings is 1. The van der Waals surface area contributed by atoms with Gasteiger partial charge < -0.3 is 14.4 Å². The number of hydrogen-bond acceptors (Lipinski definition) is 4. The third kappa shape index (κ3) is 5.15. The molecular formula is C16H17F4NO4. The summed E-state index contributed by atoms with van der Waals surface area (Å²) in [5.41, 5.74) is 0.556. The van der Waals surface area contributed by atoms with Gasteiger partial charge in [0.25, 0.3) is 0 Å². The Balaban J connectivity index is 2.16. The lowest BCUT2D eigenvalue weighted by atomic mass is 9.93. The van der Waals surface area contributed by atoms with E-state index in [9.17, 15) is 27.2 Å². The highest BCUT2D eigenvalue weighted by Crippen LogP contribution is 2.32. The molecule has 0 saturated carbocycles. The van der Waals surface area contributed by atoms with Crippen molar-refractivity contribution in [2.45, 2.75) is 31.2 Å². The number of rotatable bonds is 3. The maximum atomic E-state index is 13.1.